The first-order valence-corrected chi connectivity index (χ1v) is 15.8. The van der Waals surface area contributed by atoms with E-state index in [4.69, 9.17) is 16.3 Å². The van der Waals surface area contributed by atoms with Gasteiger partial charge < -0.3 is 36.4 Å². The van der Waals surface area contributed by atoms with Crippen LogP contribution >= 0.6 is 11.6 Å². The third kappa shape index (κ3) is 10.5. The predicted octanol–water partition coefficient (Wildman–Crippen LogP) is 4.78. The third-order valence-corrected chi connectivity index (χ3v) is 7.74. The van der Waals surface area contributed by atoms with Gasteiger partial charge in [-0.15, -0.1) is 0 Å². The maximum absolute atomic E-state index is 13.3. The summed E-state index contributed by atoms with van der Waals surface area (Å²) in [4.78, 5) is 61.0. The van der Waals surface area contributed by atoms with Gasteiger partial charge in [0.25, 0.3) is 5.91 Å². The van der Waals surface area contributed by atoms with Crippen LogP contribution in [0.15, 0.2) is 72.8 Å². The Morgan fingerprint density at radius 2 is 1.60 bits per heavy atom. The van der Waals surface area contributed by atoms with E-state index in [1.807, 2.05) is 12.1 Å². The van der Waals surface area contributed by atoms with E-state index in [-0.39, 0.29) is 36.1 Å². The van der Waals surface area contributed by atoms with Gasteiger partial charge in [0.1, 0.15) is 11.9 Å². The van der Waals surface area contributed by atoms with E-state index in [0.717, 1.165) is 17.7 Å². The van der Waals surface area contributed by atoms with Gasteiger partial charge in [-0.25, -0.2) is 9.18 Å². The molecule has 0 aliphatic heterocycles. The molecule has 5 rings (SSSR count). The molecule has 0 radical (unpaired) electrons. The highest BCUT2D eigenvalue weighted by molar-refractivity contribution is 6.39. The van der Waals surface area contributed by atoms with Crippen LogP contribution in [0.4, 0.5) is 40.8 Å². The second-order valence-electron chi connectivity index (χ2n) is 11.5. The molecule has 0 unspecified atom stereocenters. The van der Waals surface area contributed by atoms with Crippen LogP contribution in [0.2, 0.25) is 5.02 Å². The quantitative estimate of drug-likeness (QED) is 0.0768. The minimum Gasteiger partial charge on any atom is -0.480 e. The average Bonchev–Trinajstić information content (AvgIpc) is 3.87. The maximum Gasteiger partial charge on any atom is 0.422 e. The average molecular weight is 745 g/mol. The summed E-state index contributed by atoms with van der Waals surface area (Å²) in [6.45, 7) is -1.94. The highest BCUT2D eigenvalue weighted by Gasteiger charge is 2.45. The van der Waals surface area contributed by atoms with E-state index < -0.39 is 59.9 Å². The highest BCUT2D eigenvalue weighted by Crippen LogP contribution is 2.48. The summed E-state index contributed by atoms with van der Waals surface area (Å²) in [6, 6.07) is 15.4. The summed E-state index contributed by atoms with van der Waals surface area (Å²) in [5.74, 6) is -5.24. The fourth-order valence-corrected chi connectivity index (χ4v) is 4.90. The van der Waals surface area contributed by atoms with Crippen molar-refractivity contribution in [3.05, 3.63) is 94.8 Å². The standard InChI is InChI=1S/C33H29ClF4N8O6/c34-20-8-6-19(7-9-20)32(13-14-32)46-30-43-29(44-31(45-30)52-17-33(36,37)38)41-22-10-4-18(5-11-22)25(47)42-24(28(50)51)12-15-39-26(48)27(49)40-23-3-1-2-21(35)16-23/h1-11,16,24H,12-15,17H2,(H,39,48)(H,40,49)(H,42,47)(H,50,51)(H2,41,43,44,45,46)/t24-/m0/s1. The number of carbonyl (C=O) groups is 4. The van der Waals surface area contributed by atoms with Crippen molar-refractivity contribution in [2.45, 2.75) is 37.0 Å². The molecule has 1 aliphatic carbocycles. The summed E-state index contributed by atoms with van der Waals surface area (Å²) < 4.78 is 56.8. The number of hydrogen-bond donors (Lipinski definition) is 6. The molecule has 1 aromatic heterocycles. The Balaban J connectivity index is 1.19. The van der Waals surface area contributed by atoms with Crippen molar-refractivity contribution in [1.29, 1.82) is 0 Å². The molecule has 1 aliphatic rings. The fraction of sp³-hybridized carbons (Fsp3) is 0.242. The van der Waals surface area contributed by atoms with Gasteiger partial charge in [-0.05, 0) is 79.4 Å². The van der Waals surface area contributed by atoms with Crippen molar-refractivity contribution in [2.24, 2.45) is 0 Å². The Morgan fingerprint density at radius 3 is 2.23 bits per heavy atom. The maximum atomic E-state index is 13.3. The molecule has 52 heavy (non-hydrogen) atoms. The molecule has 6 N–H and O–H groups in total. The van der Waals surface area contributed by atoms with Crippen LogP contribution in [0, 0.1) is 5.82 Å². The van der Waals surface area contributed by atoms with Gasteiger partial charge in [0.15, 0.2) is 6.61 Å². The van der Waals surface area contributed by atoms with Crippen LogP contribution in [0.25, 0.3) is 0 Å². The number of alkyl halides is 3. The molecule has 1 atom stereocenters. The van der Waals surface area contributed by atoms with E-state index in [0.29, 0.717) is 23.6 Å². The smallest absolute Gasteiger partial charge is 0.422 e. The minimum absolute atomic E-state index is 0.0427. The van der Waals surface area contributed by atoms with Gasteiger partial charge in [0, 0.05) is 28.5 Å². The first-order chi connectivity index (χ1) is 24.7. The van der Waals surface area contributed by atoms with Crippen LogP contribution in [0.1, 0.15) is 35.2 Å². The SMILES string of the molecule is O=C(NCC[C@H](NC(=O)c1ccc(Nc2nc(NC3(c4ccc(Cl)cc4)CC3)nc(OCC(F)(F)F)n2)cc1)C(=O)O)C(=O)Nc1cccc(F)c1. The van der Waals surface area contributed by atoms with Crippen LogP contribution in [0.5, 0.6) is 6.01 Å². The fourth-order valence-electron chi connectivity index (χ4n) is 4.77. The van der Waals surface area contributed by atoms with Gasteiger partial charge in [-0.1, -0.05) is 29.8 Å². The van der Waals surface area contributed by atoms with Crippen LogP contribution in [-0.4, -0.2) is 69.1 Å². The largest absolute Gasteiger partial charge is 0.480 e. The molecule has 14 nitrogen and oxygen atoms in total. The van der Waals surface area contributed by atoms with Gasteiger partial charge in [-0.2, -0.15) is 28.1 Å². The number of ether oxygens (including phenoxy) is 1. The first-order valence-electron chi connectivity index (χ1n) is 15.4. The van der Waals surface area contributed by atoms with Crippen molar-refractivity contribution in [3.63, 3.8) is 0 Å². The molecule has 19 heteroatoms. The van der Waals surface area contributed by atoms with Gasteiger partial charge >= 0.3 is 30.0 Å². The monoisotopic (exact) mass is 744 g/mol. The molecule has 0 bridgehead atoms. The van der Waals surface area contributed by atoms with E-state index in [2.05, 4.69) is 41.5 Å². The molecule has 1 heterocycles. The normalized spacial score (nSPS) is 13.6. The number of anilines is 4. The van der Waals surface area contributed by atoms with Gasteiger partial charge in [0.2, 0.25) is 11.9 Å². The Hall–Kier alpha value is -6.04. The lowest BCUT2D eigenvalue weighted by atomic mass is 10.1. The van der Waals surface area contributed by atoms with E-state index >= 15 is 0 Å². The van der Waals surface area contributed by atoms with E-state index in [1.165, 1.54) is 36.4 Å². The number of carboxylic acid groups (broad SMARTS) is 1. The zero-order chi connectivity index (χ0) is 37.5. The number of carbonyl (C=O) groups excluding carboxylic acids is 3. The lowest BCUT2D eigenvalue weighted by Gasteiger charge is -2.19. The van der Waals surface area contributed by atoms with E-state index in [1.54, 1.807) is 12.1 Å². The van der Waals surface area contributed by atoms with Crippen molar-refractivity contribution in [3.8, 4) is 6.01 Å². The molecule has 3 amide bonds. The lowest BCUT2D eigenvalue weighted by Crippen LogP contribution is -2.44. The molecule has 1 saturated carbocycles. The van der Waals surface area contributed by atoms with Crippen LogP contribution < -0.4 is 31.3 Å². The second kappa shape index (κ2) is 15.9. The topological polar surface area (TPSA) is 197 Å². The molecule has 4 aromatic rings. The zero-order valence-corrected chi connectivity index (χ0v) is 27.5. The number of aliphatic carboxylic acids is 1. The minimum atomic E-state index is -4.65. The van der Waals surface area contributed by atoms with Crippen LogP contribution in [-0.2, 0) is 19.9 Å². The summed E-state index contributed by atoms with van der Waals surface area (Å²) in [6.07, 6.45) is -3.55. The molecule has 0 saturated heterocycles. The predicted molar refractivity (Wildman–Crippen MR) is 179 cm³/mol. The van der Waals surface area contributed by atoms with Crippen molar-refractivity contribution >= 4 is 58.6 Å². The Kier molecular flexibility index (Phi) is 11.4. The third-order valence-electron chi connectivity index (χ3n) is 7.49. The Bertz CT molecular complexity index is 1950. The number of amides is 3. The number of aromatic nitrogens is 3. The lowest BCUT2D eigenvalue weighted by molar-refractivity contribution is -0.154. The number of rotatable bonds is 14. The first kappa shape index (κ1) is 37.2. The number of hydrogen-bond acceptors (Lipinski definition) is 10. The zero-order valence-electron chi connectivity index (χ0n) is 26.8. The number of benzene rings is 3. The van der Waals surface area contributed by atoms with Crippen molar-refractivity contribution < 1.29 is 46.6 Å². The molecule has 3 aromatic carbocycles. The summed E-state index contributed by atoms with van der Waals surface area (Å²) in [7, 11) is 0. The van der Waals surface area contributed by atoms with Crippen molar-refractivity contribution in [2.75, 3.05) is 29.1 Å². The van der Waals surface area contributed by atoms with Gasteiger partial charge in [0.05, 0.1) is 5.54 Å². The highest BCUT2D eigenvalue weighted by atomic mass is 35.5. The number of nitrogens with one attached hydrogen (secondary N) is 5. The molecule has 1 fully saturated rings. The van der Waals surface area contributed by atoms with E-state index in [9.17, 15) is 41.8 Å². The molecular formula is C33H29ClF4N8O6. The summed E-state index contributed by atoms with van der Waals surface area (Å²) in [5.41, 5.74) is 0.698. The molecular weight excluding hydrogens is 716 g/mol. The van der Waals surface area contributed by atoms with Crippen LogP contribution in [0.3, 0.4) is 0 Å². The summed E-state index contributed by atoms with van der Waals surface area (Å²) >= 11 is 6.01. The summed E-state index contributed by atoms with van der Waals surface area (Å²) in [5, 5.41) is 22.9. The Labute approximate surface area is 297 Å². The van der Waals surface area contributed by atoms with Gasteiger partial charge in [-0.3, -0.25) is 14.4 Å². The van der Waals surface area contributed by atoms with Crippen molar-refractivity contribution in [1.82, 2.24) is 25.6 Å². The Morgan fingerprint density at radius 1 is 0.904 bits per heavy atom. The second-order valence-corrected chi connectivity index (χ2v) is 11.9. The number of halogens is 5. The molecule has 0 spiro atoms. The molecule has 272 valence electrons. The number of nitrogens with zero attached hydrogens (tertiary/aromatic N) is 3. The number of carboxylic acids is 1.